The molecule has 0 spiro atoms. The minimum Gasteiger partial charge on any atom is -0.431 e. The van der Waals surface area contributed by atoms with E-state index in [4.69, 9.17) is 4.42 Å². The van der Waals surface area contributed by atoms with Gasteiger partial charge in [-0.25, -0.2) is 9.67 Å². The molecule has 0 unspecified atom stereocenters. The van der Waals surface area contributed by atoms with Crippen molar-refractivity contribution in [1.29, 1.82) is 0 Å². The Morgan fingerprint density at radius 1 is 1.08 bits per heavy atom. The first-order valence-corrected chi connectivity index (χ1v) is 9.62. The van der Waals surface area contributed by atoms with Crippen molar-refractivity contribution in [3.8, 4) is 0 Å². The summed E-state index contributed by atoms with van der Waals surface area (Å²) < 4.78 is 7.59. The molecule has 0 N–H and O–H groups in total. The van der Waals surface area contributed by atoms with Crippen molar-refractivity contribution < 1.29 is 4.42 Å². The molecule has 0 amide bonds. The molecule has 6 heteroatoms. The molecule has 4 aromatic rings. The van der Waals surface area contributed by atoms with E-state index in [2.05, 4.69) is 53.4 Å². The Balaban J connectivity index is 1.38. The summed E-state index contributed by atoms with van der Waals surface area (Å²) in [6.07, 6.45) is 1.98. The van der Waals surface area contributed by atoms with Gasteiger partial charge in [0.2, 0.25) is 0 Å². The van der Waals surface area contributed by atoms with Gasteiger partial charge in [0.15, 0.2) is 5.58 Å². The van der Waals surface area contributed by atoms with Crippen molar-refractivity contribution in [2.45, 2.75) is 37.3 Å². The van der Waals surface area contributed by atoms with Crippen LogP contribution in [-0.4, -0.2) is 20.0 Å². The van der Waals surface area contributed by atoms with Crippen molar-refractivity contribution in [2.75, 3.05) is 0 Å². The van der Waals surface area contributed by atoms with E-state index in [1.54, 1.807) is 0 Å². The maximum absolute atomic E-state index is 5.72. The zero-order valence-electron chi connectivity index (χ0n) is 14.8. The lowest BCUT2D eigenvalue weighted by Gasteiger charge is -2.06. The van der Waals surface area contributed by atoms with E-state index >= 15 is 0 Å². The SMILES string of the molecule is CC(C)c1ccc(Cn2cc(CSc3nc4ccccc4o3)nn2)cc1. The molecular formula is C20H20N4OS. The molecule has 4 rings (SSSR count). The normalized spacial score (nSPS) is 11.5. The average molecular weight is 364 g/mol. The predicted octanol–water partition coefficient (Wildman–Crippen LogP) is 4.88. The van der Waals surface area contributed by atoms with Crippen molar-refractivity contribution in [3.05, 3.63) is 71.5 Å². The maximum Gasteiger partial charge on any atom is 0.257 e. The third-order valence-electron chi connectivity index (χ3n) is 4.19. The molecule has 0 aliphatic heterocycles. The smallest absolute Gasteiger partial charge is 0.257 e. The Hall–Kier alpha value is -2.60. The summed E-state index contributed by atoms with van der Waals surface area (Å²) in [5.41, 5.74) is 5.17. The molecule has 0 fully saturated rings. The summed E-state index contributed by atoms with van der Waals surface area (Å²) in [6.45, 7) is 5.12. The topological polar surface area (TPSA) is 56.7 Å². The predicted molar refractivity (Wildman–Crippen MR) is 103 cm³/mol. The minimum atomic E-state index is 0.547. The molecular weight excluding hydrogens is 344 g/mol. The molecule has 26 heavy (non-hydrogen) atoms. The number of oxazole rings is 1. The highest BCUT2D eigenvalue weighted by atomic mass is 32.2. The Morgan fingerprint density at radius 2 is 1.88 bits per heavy atom. The van der Waals surface area contributed by atoms with Crippen molar-refractivity contribution in [2.24, 2.45) is 0 Å². The van der Waals surface area contributed by atoms with Gasteiger partial charge >= 0.3 is 0 Å². The number of hydrogen-bond donors (Lipinski definition) is 0. The molecule has 2 aromatic carbocycles. The quantitative estimate of drug-likeness (QED) is 0.456. The number of benzene rings is 2. The van der Waals surface area contributed by atoms with Crippen molar-refractivity contribution in [1.82, 2.24) is 20.0 Å². The molecule has 0 aliphatic rings. The van der Waals surface area contributed by atoms with Gasteiger partial charge in [-0.15, -0.1) is 5.10 Å². The van der Waals surface area contributed by atoms with Gasteiger partial charge in [-0.2, -0.15) is 0 Å². The van der Waals surface area contributed by atoms with Crippen LogP contribution in [0.4, 0.5) is 0 Å². The fourth-order valence-corrected chi connectivity index (χ4v) is 3.44. The van der Waals surface area contributed by atoms with Crippen molar-refractivity contribution >= 4 is 22.9 Å². The highest BCUT2D eigenvalue weighted by Gasteiger charge is 2.08. The van der Waals surface area contributed by atoms with E-state index < -0.39 is 0 Å². The van der Waals surface area contributed by atoms with Crippen LogP contribution in [0, 0.1) is 0 Å². The van der Waals surface area contributed by atoms with Crippen LogP contribution in [0.2, 0.25) is 0 Å². The molecule has 0 bridgehead atoms. The fraction of sp³-hybridized carbons (Fsp3) is 0.250. The van der Waals surface area contributed by atoms with E-state index in [0.717, 1.165) is 23.3 Å². The lowest BCUT2D eigenvalue weighted by Crippen LogP contribution is -2.00. The van der Waals surface area contributed by atoms with Gasteiger partial charge in [0.1, 0.15) is 5.52 Å². The molecule has 0 aliphatic carbocycles. The summed E-state index contributed by atoms with van der Waals surface area (Å²) in [6, 6.07) is 16.5. The molecule has 2 aromatic heterocycles. The van der Waals surface area contributed by atoms with E-state index in [0.29, 0.717) is 16.9 Å². The van der Waals surface area contributed by atoms with Gasteiger partial charge in [-0.1, -0.05) is 67.2 Å². The van der Waals surface area contributed by atoms with Crippen LogP contribution in [0.15, 0.2) is 64.4 Å². The Kier molecular flexibility index (Phi) is 4.75. The first-order chi connectivity index (χ1) is 12.7. The lowest BCUT2D eigenvalue weighted by atomic mass is 10.0. The maximum atomic E-state index is 5.72. The standard InChI is InChI=1S/C20H20N4OS/c1-14(2)16-9-7-15(8-10-16)11-24-12-17(22-23-24)13-26-20-21-18-5-3-4-6-19(18)25-20/h3-10,12,14H,11,13H2,1-2H3. The number of nitrogens with zero attached hydrogens (tertiary/aromatic N) is 4. The average Bonchev–Trinajstić information content (AvgIpc) is 3.26. The van der Waals surface area contributed by atoms with E-state index in [9.17, 15) is 0 Å². The van der Waals surface area contributed by atoms with Gasteiger partial charge in [0.25, 0.3) is 5.22 Å². The third-order valence-corrected chi connectivity index (χ3v) is 5.06. The Labute approximate surface area is 156 Å². The molecule has 0 atom stereocenters. The van der Waals surface area contributed by atoms with Crippen LogP contribution < -0.4 is 0 Å². The number of hydrogen-bond acceptors (Lipinski definition) is 5. The first kappa shape index (κ1) is 16.8. The second-order valence-electron chi connectivity index (χ2n) is 6.54. The Morgan fingerprint density at radius 3 is 2.65 bits per heavy atom. The number of aromatic nitrogens is 4. The monoisotopic (exact) mass is 364 g/mol. The molecule has 132 valence electrons. The summed E-state index contributed by atoms with van der Waals surface area (Å²) >= 11 is 1.53. The second-order valence-corrected chi connectivity index (χ2v) is 7.47. The number of para-hydroxylation sites is 2. The van der Waals surface area contributed by atoms with E-state index in [1.165, 1.54) is 22.9 Å². The largest absolute Gasteiger partial charge is 0.431 e. The van der Waals surface area contributed by atoms with Crippen LogP contribution in [0.5, 0.6) is 0 Å². The van der Waals surface area contributed by atoms with E-state index in [-0.39, 0.29) is 0 Å². The van der Waals surface area contributed by atoms with Crippen LogP contribution in [0.3, 0.4) is 0 Å². The minimum absolute atomic E-state index is 0.547. The molecule has 0 saturated carbocycles. The van der Waals surface area contributed by atoms with Gasteiger partial charge in [0.05, 0.1) is 12.2 Å². The van der Waals surface area contributed by atoms with E-state index in [1.807, 2.05) is 35.1 Å². The first-order valence-electron chi connectivity index (χ1n) is 8.63. The molecule has 2 heterocycles. The highest BCUT2D eigenvalue weighted by Crippen LogP contribution is 2.25. The number of rotatable bonds is 6. The van der Waals surface area contributed by atoms with Crippen molar-refractivity contribution in [3.63, 3.8) is 0 Å². The van der Waals surface area contributed by atoms with Gasteiger partial charge in [-0.3, -0.25) is 0 Å². The highest BCUT2D eigenvalue weighted by molar-refractivity contribution is 7.98. The lowest BCUT2D eigenvalue weighted by molar-refractivity contribution is 0.489. The molecule has 5 nitrogen and oxygen atoms in total. The van der Waals surface area contributed by atoms with Gasteiger partial charge in [0, 0.05) is 11.9 Å². The second kappa shape index (κ2) is 7.33. The zero-order chi connectivity index (χ0) is 17.9. The zero-order valence-corrected chi connectivity index (χ0v) is 15.6. The third kappa shape index (κ3) is 3.80. The Bertz CT molecular complexity index is 971. The molecule has 0 radical (unpaired) electrons. The summed E-state index contributed by atoms with van der Waals surface area (Å²) in [7, 11) is 0. The number of fused-ring (bicyclic) bond motifs is 1. The summed E-state index contributed by atoms with van der Waals surface area (Å²) in [5.74, 6) is 1.23. The number of thioether (sulfide) groups is 1. The van der Waals surface area contributed by atoms with Gasteiger partial charge in [-0.05, 0) is 29.2 Å². The summed E-state index contributed by atoms with van der Waals surface area (Å²) in [5, 5.41) is 9.13. The van der Waals surface area contributed by atoms with Crippen LogP contribution in [0.1, 0.15) is 36.6 Å². The van der Waals surface area contributed by atoms with Gasteiger partial charge < -0.3 is 4.42 Å². The van der Waals surface area contributed by atoms with Crippen LogP contribution in [0.25, 0.3) is 11.1 Å². The summed E-state index contributed by atoms with van der Waals surface area (Å²) in [4.78, 5) is 4.47. The van der Waals surface area contributed by atoms with Crippen LogP contribution in [-0.2, 0) is 12.3 Å². The van der Waals surface area contributed by atoms with Crippen LogP contribution >= 0.6 is 11.8 Å². The molecule has 0 saturated heterocycles. The fourth-order valence-electron chi connectivity index (χ4n) is 2.73.